The maximum absolute atomic E-state index is 13.4. The summed E-state index contributed by atoms with van der Waals surface area (Å²) < 4.78 is 34.2. The zero-order chi connectivity index (χ0) is 71.1. The van der Waals surface area contributed by atoms with Gasteiger partial charge in [-0.2, -0.15) is 0 Å². The number of hydrogen-bond acceptors (Lipinski definition) is 18. The van der Waals surface area contributed by atoms with Gasteiger partial charge in [0.25, 0.3) is 0 Å². The van der Waals surface area contributed by atoms with Crippen LogP contribution in [0.3, 0.4) is 0 Å². The molecule has 0 aliphatic carbocycles. The molecule has 17 atom stereocenters. The van der Waals surface area contributed by atoms with Crippen molar-refractivity contribution in [2.45, 2.75) is 291 Å². The Morgan fingerprint density at radius 2 is 0.714 bits per heavy atom. The monoisotopic (exact) mass is 1380 g/mol. The first-order chi connectivity index (χ1) is 47.8. The van der Waals surface area contributed by atoms with Gasteiger partial charge in [-0.25, -0.2) is 0 Å². The highest BCUT2D eigenvalue weighted by atomic mass is 16.8. The molecule has 3 heterocycles. The lowest BCUT2D eigenvalue weighted by molar-refractivity contribution is -0.379. The first-order valence-electron chi connectivity index (χ1n) is 36.4. The first kappa shape index (κ1) is 87.4. The van der Waals surface area contributed by atoms with E-state index < -0.39 is 124 Å². The molecule has 1 amide bonds. The number of aliphatic hydroxyl groups excluding tert-OH is 11. The van der Waals surface area contributed by atoms with Crippen molar-refractivity contribution in [3.05, 3.63) is 170 Å². The summed E-state index contributed by atoms with van der Waals surface area (Å²) in [5.41, 5.74) is 0. The van der Waals surface area contributed by atoms with Crippen LogP contribution in [0.1, 0.15) is 187 Å². The quantitative estimate of drug-likeness (QED) is 0.0199. The Morgan fingerprint density at radius 1 is 0.378 bits per heavy atom. The predicted molar refractivity (Wildman–Crippen MR) is 387 cm³/mol. The van der Waals surface area contributed by atoms with Gasteiger partial charge in [0.05, 0.1) is 38.6 Å². The van der Waals surface area contributed by atoms with Gasteiger partial charge in [-0.05, 0) is 122 Å². The van der Waals surface area contributed by atoms with Crippen molar-refractivity contribution in [1.29, 1.82) is 0 Å². The highest BCUT2D eigenvalue weighted by Gasteiger charge is 2.53. The van der Waals surface area contributed by atoms with Gasteiger partial charge in [0.2, 0.25) is 5.91 Å². The van der Waals surface area contributed by atoms with Gasteiger partial charge < -0.3 is 89.9 Å². The molecule has 0 spiro atoms. The Hall–Kier alpha value is -4.85. The summed E-state index contributed by atoms with van der Waals surface area (Å²) in [6.45, 7) is 1.48. The molecule has 19 heteroatoms. The summed E-state index contributed by atoms with van der Waals surface area (Å²) in [6, 6.07) is -1.01. The summed E-state index contributed by atoms with van der Waals surface area (Å²) in [7, 11) is 0. The number of amides is 1. The van der Waals surface area contributed by atoms with Gasteiger partial charge >= 0.3 is 0 Å². The molecule has 98 heavy (non-hydrogen) atoms. The van der Waals surface area contributed by atoms with Crippen LogP contribution in [0.15, 0.2) is 170 Å². The van der Waals surface area contributed by atoms with Gasteiger partial charge in [0.15, 0.2) is 18.9 Å². The molecule has 3 rings (SSSR count). The molecule has 3 saturated heterocycles. The second-order valence-electron chi connectivity index (χ2n) is 24.9. The minimum absolute atomic E-state index is 0.207. The maximum atomic E-state index is 13.4. The fourth-order valence-electron chi connectivity index (χ4n) is 10.9. The third kappa shape index (κ3) is 38.3. The smallest absolute Gasteiger partial charge is 0.220 e. The van der Waals surface area contributed by atoms with Crippen LogP contribution in [-0.4, -0.2) is 193 Å². The normalized spacial score (nSPS) is 27.8. The van der Waals surface area contributed by atoms with Crippen molar-refractivity contribution < 1.29 is 89.4 Å². The number of carbonyl (C=O) groups excluding carboxylic acids is 1. The molecule has 554 valence electrons. The van der Waals surface area contributed by atoms with Crippen molar-refractivity contribution in [1.82, 2.24) is 5.32 Å². The molecule has 3 aliphatic heterocycles. The van der Waals surface area contributed by atoms with E-state index in [9.17, 15) is 61.0 Å². The number of rotatable bonds is 53. The van der Waals surface area contributed by atoms with Gasteiger partial charge in [-0.1, -0.05) is 229 Å². The summed E-state index contributed by atoms with van der Waals surface area (Å²) in [5, 5.41) is 120. The van der Waals surface area contributed by atoms with Crippen LogP contribution in [0, 0.1) is 0 Å². The lowest BCUT2D eigenvalue weighted by Gasteiger charge is -2.48. The predicted octanol–water partition coefficient (Wildman–Crippen LogP) is 10.7. The topological polar surface area (TPSA) is 307 Å². The lowest BCUT2D eigenvalue weighted by Crippen LogP contribution is -2.66. The molecule has 0 aromatic carbocycles. The number of carbonyl (C=O) groups is 1. The largest absolute Gasteiger partial charge is 0.394 e. The number of nitrogens with one attached hydrogen (secondary N) is 1. The highest BCUT2D eigenvalue weighted by Crippen LogP contribution is 2.33. The average Bonchev–Trinajstić information content (AvgIpc) is 0.785. The lowest BCUT2D eigenvalue weighted by atomic mass is 9.96. The number of ether oxygens (including phenoxy) is 6. The van der Waals surface area contributed by atoms with E-state index in [0.717, 1.165) is 141 Å². The van der Waals surface area contributed by atoms with Crippen LogP contribution >= 0.6 is 0 Å². The molecule has 0 radical (unpaired) electrons. The molecule has 3 aliphatic rings. The van der Waals surface area contributed by atoms with Gasteiger partial charge in [-0.3, -0.25) is 4.79 Å². The van der Waals surface area contributed by atoms with E-state index in [0.29, 0.717) is 12.8 Å². The standard InChI is InChI=1S/C79H125NO18/c1-3-5-7-9-11-13-15-17-18-19-20-21-22-23-24-25-26-27-28-29-30-31-32-33-34-35-36-37-38-39-40-41-42-43-44-45-47-49-51-53-55-57-67(85)80-62(63(84)56-54-52-50-48-46-16-14-12-10-8-6-4-2)61-93-77-73(91)70(88)75(65(59-82)95-77)98-79-74(92)71(89)76(66(60-83)96-79)97-78-72(90)69(87)68(86)64(58-81)94-78/h5,7,10-13,17-18,20-21,23-24,26-27,29-30,32-33,35-36,38-39,41-42,46,48,54,56,62-66,68-79,81-84,86-92H,3-4,6,8-9,14-16,19,22,25,28,31,34,37,40,43-45,47,49-53,55,57-61H2,1-2H3,(H,80,85)/b7-5-,12-10+,13-11-,18-17-,21-20-,24-23-,27-26-,30-29-,33-32-,36-35-,39-38-,42-41-,48-46+,56-54+. The van der Waals surface area contributed by atoms with Crippen LogP contribution in [0.5, 0.6) is 0 Å². The first-order valence-corrected chi connectivity index (χ1v) is 36.4. The summed E-state index contributed by atoms with van der Waals surface area (Å²) in [6.07, 6.45) is 59.3. The van der Waals surface area contributed by atoms with Gasteiger partial charge in [0.1, 0.15) is 73.2 Å². The van der Waals surface area contributed by atoms with Crippen LogP contribution < -0.4 is 5.32 Å². The van der Waals surface area contributed by atoms with Crippen molar-refractivity contribution in [2.24, 2.45) is 0 Å². The van der Waals surface area contributed by atoms with E-state index in [4.69, 9.17) is 28.4 Å². The van der Waals surface area contributed by atoms with E-state index in [-0.39, 0.29) is 18.9 Å². The third-order valence-corrected chi connectivity index (χ3v) is 16.7. The van der Waals surface area contributed by atoms with Crippen molar-refractivity contribution in [3.63, 3.8) is 0 Å². The van der Waals surface area contributed by atoms with Crippen molar-refractivity contribution >= 4 is 5.91 Å². The second kappa shape index (κ2) is 57.7. The van der Waals surface area contributed by atoms with E-state index >= 15 is 0 Å². The van der Waals surface area contributed by atoms with Crippen molar-refractivity contribution in [3.8, 4) is 0 Å². The van der Waals surface area contributed by atoms with E-state index in [1.54, 1.807) is 6.08 Å². The molecule has 0 aromatic rings. The zero-order valence-corrected chi connectivity index (χ0v) is 58.7. The van der Waals surface area contributed by atoms with Crippen LogP contribution in [0.2, 0.25) is 0 Å². The maximum Gasteiger partial charge on any atom is 0.220 e. The van der Waals surface area contributed by atoms with E-state index in [1.807, 2.05) is 6.08 Å². The molecule has 0 aromatic heterocycles. The van der Waals surface area contributed by atoms with Crippen molar-refractivity contribution in [2.75, 3.05) is 26.4 Å². The molecule has 0 saturated carbocycles. The minimum atomic E-state index is -1.99. The SMILES string of the molecule is CC/C=C\C/C=C\C/C=C\C/C=C\C/C=C\C/C=C\C/C=C\C/C=C\C/C=C\C/C=C\C/C=C\CCCCCCCCCC(=O)NC(COC1OC(CO)C(OC2OC(CO)C(OC3OC(CO)C(O)C(O)C3O)C(O)C2O)C(O)C1O)C(O)/C=C/CC/C=C/CC/C=C/CCCC. The van der Waals surface area contributed by atoms with Crippen LogP contribution in [0.25, 0.3) is 0 Å². The molecular weight excluding hydrogens is 1250 g/mol. The average molecular weight is 1380 g/mol. The Kier molecular flexibility index (Phi) is 51.5. The van der Waals surface area contributed by atoms with Gasteiger partial charge in [0, 0.05) is 6.42 Å². The zero-order valence-electron chi connectivity index (χ0n) is 58.7. The second-order valence-corrected chi connectivity index (χ2v) is 24.9. The Labute approximate surface area is 586 Å². The van der Waals surface area contributed by atoms with E-state index in [1.165, 1.54) is 12.8 Å². The highest BCUT2D eigenvalue weighted by molar-refractivity contribution is 5.76. The molecule has 17 unspecified atom stereocenters. The molecule has 0 bridgehead atoms. The number of unbranched alkanes of at least 4 members (excludes halogenated alkanes) is 11. The Bertz CT molecular complexity index is 2440. The fourth-order valence-corrected chi connectivity index (χ4v) is 10.9. The van der Waals surface area contributed by atoms with Crippen LogP contribution in [-0.2, 0) is 33.2 Å². The number of hydrogen-bond donors (Lipinski definition) is 12. The van der Waals surface area contributed by atoms with E-state index in [2.05, 4.69) is 177 Å². The number of aliphatic hydroxyl groups is 11. The molecule has 12 N–H and O–H groups in total. The summed E-state index contributed by atoms with van der Waals surface area (Å²) in [5.74, 6) is -0.311. The fraction of sp³-hybridized carbons (Fsp3) is 0.633. The van der Waals surface area contributed by atoms with Gasteiger partial charge in [-0.15, -0.1) is 0 Å². The summed E-state index contributed by atoms with van der Waals surface area (Å²) in [4.78, 5) is 13.4. The summed E-state index contributed by atoms with van der Waals surface area (Å²) >= 11 is 0. The third-order valence-electron chi connectivity index (χ3n) is 16.7. The Balaban J connectivity index is 1.34. The Morgan fingerprint density at radius 3 is 1.14 bits per heavy atom. The molecule has 19 nitrogen and oxygen atoms in total. The number of allylic oxidation sites excluding steroid dienone is 27. The molecule has 3 fully saturated rings. The minimum Gasteiger partial charge on any atom is -0.394 e. The van der Waals surface area contributed by atoms with Crippen LogP contribution in [0.4, 0.5) is 0 Å². The molecular formula is C79H125NO18.